The minimum atomic E-state index is -0.397. The Kier molecular flexibility index (Phi) is 4.62. The van der Waals surface area contributed by atoms with Crippen LogP contribution in [0.25, 0.3) is 0 Å². The molecule has 2 aromatic carbocycles. The number of esters is 1. The SMILES string of the molecule is COC(=O)c1cccc(Nc2cnnc(Nc3ccccc3)n2)c1. The number of hydrogen-bond donors (Lipinski definition) is 2. The summed E-state index contributed by atoms with van der Waals surface area (Å²) >= 11 is 0. The molecule has 24 heavy (non-hydrogen) atoms. The third-order valence-electron chi connectivity index (χ3n) is 3.14. The van der Waals surface area contributed by atoms with Crippen molar-refractivity contribution in [1.29, 1.82) is 0 Å². The Morgan fingerprint density at radius 1 is 1.00 bits per heavy atom. The molecule has 0 saturated heterocycles. The van der Waals surface area contributed by atoms with Crippen LogP contribution in [-0.4, -0.2) is 28.3 Å². The quantitative estimate of drug-likeness (QED) is 0.698. The van der Waals surface area contributed by atoms with Gasteiger partial charge in [0.05, 0.1) is 18.9 Å². The second-order valence-corrected chi connectivity index (χ2v) is 4.85. The molecule has 0 saturated carbocycles. The van der Waals surface area contributed by atoms with Crippen molar-refractivity contribution in [3.63, 3.8) is 0 Å². The topological polar surface area (TPSA) is 89.0 Å². The number of benzene rings is 2. The molecule has 1 aromatic heterocycles. The molecule has 2 N–H and O–H groups in total. The van der Waals surface area contributed by atoms with E-state index in [9.17, 15) is 4.79 Å². The summed E-state index contributed by atoms with van der Waals surface area (Å²) in [6, 6.07) is 16.5. The number of aromatic nitrogens is 3. The van der Waals surface area contributed by atoms with Crippen LogP contribution in [0.3, 0.4) is 0 Å². The predicted octanol–water partition coefficient (Wildman–Crippen LogP) is 3.15. The number of para-hydroxylation sites is 1. The minimum Gasteiger partial charge on any atom is -0.465 e. The highest BCUT2D eigenvalue weighted by Gasteiger charge is 2.07. The van der Waals surface area contributed by atoms with Crippen LogP contribution in [0.15, 0.2) is 60.8 Å². The van der Waals surface area contributed by atoms with Crippen LogP contribution >= 0.6 is 0 Å². The van der Waals surface area contributed by atoms with Crippen LogP contribution in [0, 0.1) is 0 Å². The van der Waals surface area contributed by atoms with Gasteiger partial charge in [-0.25, -0.2) is 4.79 Å². The number of carbonyl (C=O) groups is 1. The van der Waals surface area contributed by atoms with Crippen molar-refractivity contribution in [2.45, 2.75) is 0 Å². The molecule has 0 radical (unpaired) electrons. The molecule has 0 spiro atoms. The maximum absolute atomic E-state index is 11.6. The number of nitrogens with zero attached hydrogens (tertiary/aromatic N) is 3. The van der Waals surface area contributed by atoms with E-state index in [1.54, 1.807) is 18.2 Å². The highest BCUT2D eigenvalue weighted by molar-refractivity contribution is 5.90. The van der Waals surface area contributed by atoms with Crippen LogP contribution in [0.2, 0.25) is 0 Å². The van der Waals surface area contributed by atoms with Gasteiger partial charge in [-0.1, -0.05) is 24.3 Å². The second kappa shape index (κ2) is 7.19. The molecular weight excluding hydrogens is 306 g/mol. The fourth-order valence-electron chi connectivity index (χ4n) is 2.06. The van der Waals surface area contributed by atoms with E-state index < -0.39 is 5.97 Å². The molecule has 0 aliphatic rings. The predicted molar refractivity (Wildman–Crippen MR) is 90.6 cm³/mol. The van der Waals surface area contributed by atoms with E-state index in [-0.39, 0.29) is 0 Å². The lowest BCUT2D eigenvalue weighted by atomic mass is 10.2. The van der Waals surface area contributed by atoms with Gasteiger partial charge in [-0.2, -0.15) is 10.1 Å². The zero-order chi connectivity index (χ0) is 16.8. The number of ether oxygens (including phenoxy) is 1. The average molecular weight is 321 g/mol. The highest BCUT2D eigenvalue weighted by atomic mass is 16.5. The average Bonchev–Trinajstić information content (AvgIpc) is 2.62. The van der Waals surface area contributed by atoms with E-state index in [2.05, 4.69) is 25.8 Å². The van der Waals surface area contributed by atoms with E-state index in [1.807, 2.05) is 36.4 Å². The van der Waals surface area contributed by atoms with Gasteiger partial charge in [-0.15, -0.1) is 5.10 Å². The molecule has 7 nitrogen and oxygen atoms in total. The molecule has 0 amide bonds. The van der Waals surface area contributed by atoms with Crippen molar-refractivity contribution in [3.8, 4) is 0 Å². The molecule has 0 fully saturated rings. The summed E-state index contributed by atoms with van der Waals surface area (Å²) in [4.78, 5) is 15.9. The number of carbonyl (C=O) groups excluding carboxylic acids is 1. The smallest absolute Gasteiger partial charge is 0.337 e. The standard InChI is InChI=1S/C17H15N5O2/c1-24-16(23)12-6-5-9-14(10-12)19-15-11-18-22-17(21-15)20-13-7-3-2-4-8-13/h2-11H,1H3,(H2,19,20,21,22). The molecule has 0 aliphatic carbocycles. The van der Waals surface area contributed by atoms with E-state index in [4.69, 9.17) is 4.74 Å². The second-order valence-electron chi connectivity index (χ2n) is 4.85. The Labute approximate surface area is 138 Å². The number of nitrogens with one attached hydrogen (secondary N) is 2. The first-order valence-corrected chi connectivity index (χ1v) is 7.22. The number of anilines is 4. The summed E-state index contributed by atoms with van der Waals surface area (Å²) in [6.45, 7) is 0. The molecular formula is C17H15N5O2. The van der Waals surface area contributed by atoms with Gasteiger partial charge in [0.25, 0.3) is 0 Å². The lowest BCUT2D eigenvalue weighted by Gasteiger charge is -2.08. The first kappa shape index (κ1) is 15.4. The largest absolute Gasteiger partial charge is 0.465 e. The van der Waals surface area contributed by atoms with E-state index >= 15 is 0 Å². The molecule has 3 rings (SSSR count). The molecule has 1 heterocycles. The third kappa shape index (κ3) is 3.83. The summed E-state index contributed by atoms with van der Waals surface area (Å²) in [5.41, 5.74) is 2.01. The molecule has 0 atom stereocenters. The fraction of sp³-hybridized carbons (Fsp3) is 0.0588. The van der Waals surface area contributed by atoms with E-state index in [0.717, 1.165) is 5.69 Å². The highest BCUT2D eigenvalue weighted by Crippen LogP contribution is 2.18. The minimum absolute atomic E-state index is 0.371. The zero-order valence-electron chi connectivity index (χ0n) is 12.9. The zero-order valence-corrected chi connectivity index (χ0v) is 12.9. The monoisotopic (exact) mass is 321 g/mol. The van der Waals surface area contributed by atoms with Gasteiger partial charge in [0, 0.05) is 11.4 Å². The van der Waals surface area contributed by atoms with E-state index in [1.165, 1.54) is 13.3 Å². The Morgan fingerprint density at radius 2 is 1.79 bits per heavy atom. The van der Waals surface area contributed by atoms with Crippen LogP contribution in [0.5, 0.6) is 0 Å². The van der Waals surface area contributed by atoms with Gasteiger partial charge in [0.15, 0.2) is 5.82 Å². The Bertz CT molecular complexity index is 839. The fourth-order valence-corrected chi connectivity index (χ4v) is 2.06. The lowest BCUT2D eigenvalue weighted by Crippen LogP contribution is -2.04. The summed E-state index contributed by atoms with van der Waals surface area (Å²) in [6.07, 6.45) is 1.50. The van der Waals surface area contributed by atoms with Gasteiger partial charge in [0.2, 0.25) is 5.95 Å². The van der Waals surface area contributed by atoms with Crippen LogP contribution in [0.1, 0.15) is 10.4 Å². The van der Waals surface area contributed by atoms with Gasteiger partial charge < -0.3 is 15.4 Å². The number of hydrogen-bond acceptors (Lipinski definition) is 7. The van der Waals surface area contributed by atoms with Crippen LogP contribution in [-0.2, 0) is 4.74 Å². The summed E-state index contributed by atoms with van der Waals surface area (Å²) in [5.74, 6) is 0.478. The first-order valence-electron chi connectivity index (χ1n) is 7.22. The summed E-state index contributed by atoms with van der Waals surface area (Å²) in [5, 5.41) is 14.0. The van der Waals surface area contributed by atoms with E-state index in [0.29, 0.717) is 23.0 Å². The summed E-state index contributed by atoms with van der Waals surface area (Å²) < 4.78 is 4.71. The van der Waals surface area contributed by atoms with Crippen molar-refractivity contribution in [3.05, 3.63) is 66.4 Å². The molecule has 120 valence electrons. The third-order valence-corrected chi connectivity index (χ3v) is 3.14. The molecule has 0 bridgehead atoms. The maximum atomic E-state index is 11.6. The molecule has 7 heteroatoms. The molecule has 0 aliphatic heterocycles. The van der Waals surface area contributed by atoms with Crippen molar-refractivity contribution in [1.82, 2.24) is 15.2 Å². The summed E-state index contributed by atoms with van der Waals surface area (Å²) in [7, 11) is 1.35. The van der Waals surface area contributed by atoms with Crippen molar-refractivity contribution in [2.75, 3.05) is 17.7 Å². The molecule has 3 aromatic rings. The van der Waals surface area contributed by atoms with Crippen LogP contribution in [0.4, 0.5) is 23.1 Å². The van der Waals surface area contributed by atoms with Crippen molar-refractivity contribution < 1.29 is 9.53 Å². The Morgan fingerprint density at radius 3 is 2.58 bits per heavy atom. The normalized spacial score (nSPS) is 10.0. The number of methoxy groups -OCH3 is 1. The lowest BCUT2D eigenvalue weighted by molar-refractivity contribution is 0.0601. The Balaban J connectivity index is 1.76. The Hall–Kier alpha value is -3.48. The van der Waals surface area contributed by atoms with Gasteiger partial charge in [-0.05, 0) is 30.3 Å². The maximum Gasteiger partial charge on any atom is 0.337 e. The molecule has 0 unspecified atom stereocenters. The van der Waals surface area contributed by atoms with Crippen molar-refractivity contribution >= 4 is 29.1 Å². The number of rotatable bonds is 5. The van der Waals surface area contributed by atoms with Crippen molar-refractivity contribution in [2.24, 2.45) is 0 Å². The van der Waals surface area contributed by atoms with Gasteiger partial charge >= 0.3 is 5.97 Å². The first-order chi connectivity index (χ1) is 11.7. The van der Waals surface area contributed by atoms with Gasteiger partial charge in [0.1, 0.15) is 0 Å². The van der Waals surface area contributed by atoms with Gasteiger partial charge in [-0.3, -0.25) is 0 Å². The van der Waals surface area contributed by atoms with Crippen LogP contribution < -0.4 is 10.6 Å².